The number of nitrogens with one attached hydrogen (secondary N) is 1. The SMILES string of the molecule is CN=C(NCCc1ccc(C)cc1)N1CCC(C(=O)OC)CC1.I. The summed E-state index contributed by atoms with van der Waals surface area (Å²) in [6.07, 6.45) is 2.62. The smallest absolute Gasteiger partial charge is 0.308 e. The Bertz CT molecular complexity index is 538. The Balaban J connectivity index is 0.00000288. The Morgan fingerprint density at radius 2 is 1.92 bits per heavy atom. The van der Waals surface area contributed by atoms with Gasteiger partial charge in [-0.05, 0) is 31.7 Å². The van der Waals surface area contributed by atoms with E-state index in [-0.39, 0.29) is 35.9 Å². The standard InChI is InChI=1S/C18H27N3O2.HI/c1-14-4-6-15(7-5-14)8-11-20-18(19-2)21-12-9-16(10-13-21)17(22)23-3;/h4-7,16H,8-13H2,1-3H3,(H,19,20);1H. The van der Waals surface area contributed by atoms with Gasteiger partial charge in [-0.25, -0.2) is 0 Å². The summed E-state index contributed by atoms with van der Waals surface area (Å²) < 4.78 is 4.83. The molecule has 2 rings (SSSR count). The van der Waals surface area contributed by atoms with Gasteiger partial charge >= 0.3 is 5.97 Å². The lowest BCUT2D eigenvalue weighted by atomic mass is 9.97. The Morgan fingerprint density at radius 1 is 1.29 bits per heavy atom. The molecule has 1 aliphatic heterocycles. The number of ether oxygens (including phenoxy) is 1. The first-order valence-electron chi connectivity index (χ1n) is 8.23. The van der Waals surface area contributed by atoms with Crippen molar-refractivity contribution >= 4 is 35.9 Å². The maximum atomic E-state index is 11.6. The highest BCUT2D eigenvalue weighted by Gasteiger charge is 2.26. The first-order chi connectivity index (χ1) is 11.1. The molecule has 1 aliphatic rings. The van der Waals surface area contributed by atoms with Gasteiger partial charge in [0.15, 0.2) is 5.96 Å². The van der Waals surface area contributed by atoms with Gasteiger partial charge in [-0.15, -0.1) is 24.0 Å². The van der Waals surface area contributed by atoms with E-state index in [1.54, 1.807) is 7.05 Å². The van der Waals surface area contributed by atoms with Gasteiger partial charge in [0.1, 0.15) is 0 Å². The summed E-state index contributed by atoms with van der Waals surface area (Å²) in [5.41, 5.74) is 2.61. The molecule has 0 atom stereocenters. The fourth-order valence-electron chi connectivity index (χ4n) is 2.90. The number of hydrogen-bond donors (Lipinski definition) is 1. The number of aryl methyl sites for hydroxylation is 1. The lowest BCUT2D eigenvalue weighted by molar-refractivity contribution is -0.146. The molecular weight excluding hydrogens is 417 g/mol. The largest absolute Gasteiger partial charge is 0.469 e. The van der Waals surface area contributed by atoms with Crippen LogP contribution in [0.3, 0.4) is 0 Å². The highest BCUT2D eigenvalue weighted by atomic mass is 127. The van der Waals surface area contributed by atoms with E-state index in [9.17, 15) is 4.79 Å². The number of esters is 1. The zero-order chi connectivity index (χ0) is 16.7. The van der Waals surface area contributed by atoms with Crippen molar-refractivity contribution in [2.24, 2.45) is 10.9 Å². The Morgan fingerprint density at radius 3 is 2.46 bits per heavy atom. The van der Waals surface area contributed by atoms with Gasteiger partial charge in [-0.1, -0.05) is 29.8 Å². The molecule has 1 saturated heterocycles. The van der Waals surface area contributed by atoms with E-state index >= 15 is 0 Å². The van der Waals surface area contributed by atoms with E-state index in [1.807, 2.05) is 0 Å². The second-order valence-electron chi connectivity index (χ2n) is 5.99. The van der Waals surface area contributed by atoms with Crippen molar-refractivity contribution in [3.63, 3.8) is 0 Å². The van der Waals surface area contributed by atoms with Crippen molar-refractivity contribution in [1.82, 2.24) is 10.2 Å². The fraction of sp³-hybridized carbons (Fsp3) is 0.556. The lowest BCUT2D eigenvalue weighted by Gasteiger charge is -2.33. The highest BCUT2D eigenvalue weighted by Crippen LogP contribution is 2.18. The number of carbonyl (C=O) groups excluding carboxylic acids is 1. The number of guanidine groups is 1. The molecule has 0 spiro atoms. The summed E-state index contributed by atoms with van der Waals surface area (Å²) in [4.78, 5) is 18.2. The number of nitrogens with zero attached hydrogens (tertiary/aromatic N) is 2. The van der Waals surface area contributed by atoms with Gasteiger partial charge in [0.2, 0.25) is 0 Å². The van der Waals surface area contributed by atoms with Crippen molar-refractivity contribution in [3.8, 4) is 0 Å². The van der Waals surface area contributed by atoms with Crippen molar-refractivity contribution in [2.45, 2.75) is 26.2 Å². The topological polar surface area (TPSA) is 53.9 Å². The number of carbonyl (C=O) groups is 1. The van der Waals surface area contributed by atoms with Crippen LogP contribution in [0.2, 0.25) is 0 Å². The summed E-state index contributed by atoms with van der Waals surface area (Å²) in [5.74, 6) is 0.856. The van der Waals surface area contributed by atoms with Crippen LogP contribution >= 0.6 is 24.0 Å². The number of likely N-dealkylation sites (tertiary alicyclic amines) is 1. The molecule has 1 heterocycles. The van der Waals surface area contributed by atoms with Gasteiger partial charge in [-0.3, -0.25) is 9.79 Å². The molecule has 5 nitrogen and oxygen atoms in total. The average molecular weight is 445 g/mol. The number of benzene rings is 1. The summed E-state index contributed by atoms with van der Waals surface area (Å²) in [6.45, 7) is 4.63. The van der Waals surface area contributed by atoms with E-state index < -0.39 is 0 Å². The van der Waals surface area contributed by atoms with Crippen LogP contribution in [-0.4, -0.2) is 50.6 Å². The third kappa shape index (κ3) is 5.96. The fourth-order valence-corrected chi connectivity index (χ4v) is 2.90. The third-order valence-corrected chi connectivity index (χ3v) is 4.36. The van der Waals surface area contributed by atoms with Crippen LogP contribution in [0.4, 0.5) is 0 Å². The minimum absolute atomic E-state index is 0. The first kappa shape index (κ1) is 20.7. The minimum Gasteiger partial charge on any atom is -0.469 e. The van der Waals surface area contributed by atoms with Crippen molar-refractivity contribution in [1.29, 1.82) is 0 Å². The summed E-state index contributed by atoms with van der Waals surface area (Å²) in [6, 6.07) is 8.62. The molecule has 1 fully saturated rings. The van der Waals surface area contributed by atoms with Crippen molar-refractivity contribution in [2.75, 3.05) is 33.8 Å². The van der Waals surface area contributed by atoms with Crippen molar-refractivity contribution in [3.05, 3.63) is 35.4 Å². The molecule has 0 radical (unpaired) electrons. The number of piperidine rings is 1. The summed E-state index contributed by atoms with van der Waals surface area (Å²) in [7, 11) is 3.26. The molecule has 0 aliphatic carbocycles. The van der Waals surface area contributed by atoms with Crippen LogP contribution in [0.15, 0.2) is 29.3 Å². The summed E-state index contributed by atoms with van der Waals surface area (Å²) in [5, 5.41) is 3.42. The number of halogens is 1. The molecule has 6 heteroatoms. The minimum atomic E-state index is -0.0908. The van der Waals surface area contributed by atoms with Crippen LogP contribution in [0.5, 0.6) is 0 Å². The van der Waals surface area contributed by atoms with Gasteiger partial charge in [0.25, 0.3) is 0 Å². The first-order valence-corrected chi connectivity index (χ1v) is 8.23. The number of aliphatic imine (C=N–C) groups is 1. The maximum Gasteiger partial charge on any atom is 0.308 e. The van der Waals surface area contributed by atoms with Crippen LogP contribution < -0.4 is 5.32 Å². The monoisotopic (exact) mass is 445 g/mol. The van der Waals surface area contributed by atoms with Gasteiger partial charge < -0.3 is 15.0 Å². The molecule has 134 valence electrons. The molecular formula is C18H28IN3O2. The number of rotatable bonds is 4. The van der Waals surface area contributed by atoms with E-state index in [1.165, 1.54) is 18.2 Å². The third-order valence-electron chi connectivity index (χ3n) is 4.36. The predicted molar refractivity (Wildman–Crippen MR) is 108 cm³/mol. The van der Waals surface area contributed by atoms with E-state index in [0.29, 0.717) is 0 Å². The lowest BCUT2D eigenvalue weighted by Crippen LogP contribution is -2.47. The molecule has 0 bridgehead atoms. The Labute approximate surface area is 161 Å². The van der Waals surface area contributed by atoms with E-state index in [2.05, 4.69) is 46.4 Å². The highest BCUT2D eigenvalue weighted by molar-refractivity contribution is 14.0. The van der Waals surface area contributed by atoms with Crippen LogP contribution in [-0.2, 0) is 16.0 Å². The zero-order valence-electron chi connectivity index (χ0n) is 14.7. The predicted octanol–water partition coefficient (Wildman–Crippen LogP) is 2.62. The van der Waals surface area contributed by atoms with Gasteiger partial charge in [-0.2, -0.15) is 0 Å². The molecule has 24 heavy (non-hydrogen) atoms. The zero-order valence-corrected chi connectivity index (χ0v) is 17.1. The molecule has 0 aromatic heterocycles. The van der Waals surface area contributed by atoms with E-state index in [0.717, 1.165) is 44.9 Å². The molecule has 1 N–H and O–H groups in total. The normalized spacial score (nSPS) is 15.6. The molecule has 0 saturated carbocycles. The average Bonchev–Trinajstić information content (AvgIpc) is 2.60. The van der Waals surface area contributed by atoms with Crippen LogP contribution in [0.1, 0.15) is 24.0 Å². The van der Waals surface area contributed by atoms with Gasteiger partial charge in [0, 0.05) is 26.7 Å². The van der Waals surface area contributed by atoms with E-state index in [4.69, 9.17) is 4.74 Å². The Hall–Kier alpha value is -1.31. The Kier molecular flexibility index (Phi) is 9.10. The van der Waals surface area contributed by atoms with Gasteiger partial charge in [0.05, 0.1) is 13.0 Å². The summed E-state index contributed by atoms with van der Waals surface area (Å²) >= 11 is 0. The van der Waals surface area contributed by atoms with Crippen molar-refractivity contribution < 1.29 is 9.53 Å². The molecule has 0 unspecified atom stereocenters. The number of methoxy groups -OCH3 is 1. The molecule has 1 aromatic carbocycles. The van der Waals surface area contributed by atoms with Crippen LogP contribution in [0, 0.1) is 12.8 Å². The second kappa shape index (κ2) is 10.5. The second-order valence-corrected chi connectivity index (χ2v) is 5.99. The van der Waals surface area contributed by atoms with Crippen LogP contribution in [0.25, 0.3) is 0 Å². The maximum absolute atomic E-state index is 11.6. The molecule has 1 aromatic rings. The quantitative estimate of drug-likeness (QED) is 0.335. The molecule has 0 amide bonds. The number of hydrogen-bond acceptors (Lipinski definition) is 3.